The molecule has 0 saturated carbocycles. The zero-order chi connectivity index (χ0) is 13.8. The fraction of sp³-hybridized carbons (Fsp3) is 0.250. The molecule has 1 N–H and O–H groups in total. The van der Waals surface area contributed by atoms with Gasteiger partial charge in [0.05, 0.1) is 10.6 Å². The molecule has 1 aliphatic rings. The van der Waals surface area contributed by atoms with E-state index in [1.165, 1.54) is 28.9 Å². The minimum atomic E-state index is -0.130. The summed E-state index contributed by atoms with van der Waals surface area (Å²) in [6.45, 7) is 0. The second-order valence-corrected chi connectivity index (χ2v) is 5.79. The van der Waals surface area contributed by atoms with Gasteiger partial charge in [-0.25, -0.2) is 5.43 Å². The van der Waals surface area contributed by atoms with E-state index in [1.54, 1.807) is 6.07 Å². The van der Waals surface area contributed by atoms with E-state index >= 15 is 0 Å². The van der Waals surface area contributed by atoms with Crippen LogP contribution in [0.2, 0.25) is 0 Å². The maximum absolute atomic E-state index is 11.9. The summed E-state index contributed by atoms with van der Waals surface area (Å²) in [6.07, 6.45) is 4.30. The van der Waals surface area contributed by atoms with Gasteiger partial charge in [0.2, 0.25) is 0 Å². The average molecular weight is 284 g/mol. The Kier molecular flexibility index (Phi) is 3.92. The number of carbonyl (C=O) groups is 1. The molecule has 4 heteroatoms. The van der Waals surface area contributed by atoms with Crippen molar-refractivity contribution in [2.24, 2.45) is 5.10 Å². The molecule has 0 saturated heterocycles. The third-order valence-electron chi connectivity index (χ3n) is 3.48. The Balaban J connectivity index is 1.82. The fourth-order valence-electron chi connectivity index (χ4n) is 2.46. The first-order valence-electron chi connectivity index (χ1n) is 6.83. The van der Waals surface area contributed by atoms with Crippen molar-refractivity contribution in [2.45, 2.75) is 25.7 Å². The summed E-state index contributed by atoms with van der Waals surface area (Å²) >= 11 is 1.43. The van der Waals surface area contributed by atoms with E-state index < -0.39 is 0 Å². The second-order valence-electron chi connectivity index (χ2n) is 4.84. The van der Waals surface area contributed by atoms with Crippen LogP contribution in [-0.2, 0) is 6.42 Å². The minimum absolute atomic E-state index is 0.130. The lowest BCUT2D eigenvalue weighted by Gasteiger charge is -2.07. The number of hydrogen-bond acceptors (Lipinski definition) is 3. The second kappa shape index (κ2) is 6.01. The standard InChI is InChI=1S/C16H16N2OS/c19-16(15-10-5-11-20-15)18-17-14-9-4-2-7-12-6-1-3-8-13(12)14/h1,3,5-6,8,10-11H,2,4,7,9H2,(H,18,19). The lowest BCUT2D eigenvalue weighted by Crippen LogP contribution is -2.19. The van der Waals surface area contributed by atoms with Gasteiger partial charge in [-0.2, -0.15) is 5.10 Å². The Bertz CT molecular complexity index is 632. The number of aryl methyl sites for hydroxylation is 1. The average Bonchev–Trinajstić information content (AvgIpc) is 2.93. The molecule has 0 fully saturated rings. The fourth-order valence-corrected chi connectivity index (χ4v) is 3.07. The Morgan fingerprint density at radius 2 is 1.95 bits per heavy atom. The van der Waals surface area contributed by atoms with Crippen molar-refractivity contribution in [1.82, 2.24) is 5.43 Å². The molecular formula is C16H16N2OS. The molecule has 0 aliphatic heterocycles. The van der Waals surface area contributed by atoms with Gasteiger partial charge < -0.3 is 0 Å². The van der Waals surface area contributed by atoms with Crippen LogP contribution in [0.4, 0.5) is 0 Å². The van der Waals surface area contributed by atoms with Crippen LogP contribution in [0.1, 0.15) is 40.1 Å². The molecule has 20 heavy (non-hydrogen) atoms. The third-order valence-corrected chi connectivity index (χ3v) is 4.34. The lowest BCUT2D eigenvalue weighted by molar-refractivity contribution is 0.0959. The molecule has 0 bridgehead atoms. The first-order valence-corrected chi connectivity index (χ1v) is 7.71. The van der Waals surface area contributed by atoms with E-state index in [9.17, 15) is 4.79 Å². The van der Waals surface area contributed by atoms with Crippen LogP contribution in [0, 0.1) is 0 Å². The van der Waals surface area contributed by atoms with Crippen LogP contribution in [0.3, 0.4) is 0 Å². The SMILES string of the molecule is O=C(NN=C1CCCCc2ccccc21)c1cccs1. The molecule has 0 atom stereocenters. The van der Waals surface area contributed by atoms with Crippen LogP contribution < -0.4 is 5.43 Å². The highest BCUT2D eigenvalue weighted by atomic mass is 32.1. The molecular weight excluding hydrogens is 268 g/mol. The molecule has 1 aliphatic carbocycles. The molecule has 102 valence electrons. The van der Waals surface area contributed by atoms with Gasteiger partial charge >= 0.3 is 0 Å². The Morgan fingerprint density at radius 3 is 2.80 bits per heavy atom. The van der Waals surface area contributed by atoms with Gasteiger partial charge in [-0.15, -0.1) is 11.3 Å². The summed E-state index contributed by atoms with van der Waals surface area (Å²) < 4.78 is 0. The van der Waals surface area contributed by atoms with Crippen LogP contribution in [0.15, 0.2) is 46.9 Å². The van der Waals surface area contributed by atoms with Crippen molar-refractivity contribution < 1.29 is 4.79 Å². The Hall–Kier alpha value is -1.94. The van der Waals surface area contributed by atoms with Crippen LogP contribution in [0.5, 0.6) is 0 Å². The molecule has 1 aromatic carbocycles. The van der Waals surface area contributed by atoms with E-state index in [0.29, 0.717) is 4.88 Å². The molecule has 3 nitrogen and oxygen atoms in total. The summed E-state index contributed by atoms with van der Waals surface area (Å²) in [5, 5.41) is 6.26. The lowest BCUT2D eigenvalue weighted by atomic mass is 10.0. The molecule has 2 aromatic rings. The molecule has 1 aromatic heterocycles. The third kappa shape index (κ3) is 2.80. The van der Waals surface area contributed by atoms with E-state index in [0.717, 1.165) is 25.0 Å². The van der Waals surface area contributed by atoms with Gasteiger partial charge in [-0.05, 0) is 42.7 Å². The van der Waals surface area contributed by atoms with E-state index in [2.05, 4.69) is 28.7 Å². The normalized spacial score (nSPS) is 16.5. The number of benzene rings is 1. The summed E-state index contributed by atoms with van der Waals surface area (Å²) in [6, 6.07) is 12.0. The Labute approximate surface area is 122 Å². The van der Waals surface area contributed by atoms with Gasteiger partial charge in [-0.3, -0.25) is 4.79 Å². The van der Waals surface area contributed by atoms with Crippen molar-refractivity contribution in [1.29, 1.82) is 0 Å². The topological polar surface area (TPSA) is 41.5 Å². The highest BCUT2D eigenvalue weighted by Gasteiger charge is 2.14. The first-order chi connectivity index (χ1) is 9.84. The van der Waals surface area contributed by atoms with E-state index in [4.69, 9.17) is 0 Å². The van der Waals surface area contributed by atoms with Crippen molar-refractivity contribution in [3.63, 3.8) is 0 Å². The maximum Gasteiger partial charge on any atom is 0.281 e. The number of thiophene rings is 1. The molecule has 3 rings (SSSR count). The van der Waals surface area contributed by atoms with Crippen LogP contribution in [-0.4, -0.2) is 11.6 Å². The predicted octanol–water partition coefficient (Wildman–Crippen LogP) is 3.61. The van der Waals surface area contributed by atoms with Crippen molar-refractivity contribution in [3.8, 4) is 0 Å². The van der Waals surface area contributed by atoms with E-state index in [1.807, 2.05) is 17.5 Å². The monoisotopic (exact) mass is 284 g/mol. The first kappa shape index (κ1) is 13.1. The Morgan fingerprint density at radius 1 is 1.10 bits per heavy atom. The smallest absolute Gasteiger partial charge is 0.266 e. The largest absolute Gasteiger partial charge is 0.281 e. The van der Waals surface area contributed by atoms with Crippen molar-refractivity contribution in [2.75, 3.05) is 0 Å². The summed E-state index contributed by atoms with van der Waals surface area (Å²) in [5.41, 5.74) is 6.18. The van der Waals surface area contributed by atoms with Crippen molar-refractivity contribution >= 4 is 23.0 Å². The molecule has 0 unspecified atom stereocenters. The zero-order valence-corrected chi connectivity index (χ0v) is 12.0. The number of hydrogen-bond donors (Lipinski definition) is 1. The predicted molar refractivity (Wildman–Crippen MR) is 82.3 cm³/mol. The van der Waals surface area contributed by atoms with Gasteiger partial charge in [0.25, 0.3) is 5.91 Å². The number of nitrogens with one attached hydrogen (secondary N) is 1. The van der Waals surface area contributed by atoms with Gasteiger partial charge in [0.1, 0.15) is 0 Å². The minimum Gasteiger partial charge on any atom is -0.266 e. The number of nitrogens with zero attached hydrogens (tertiary/aromatic N) is 1. The summed E-state index contributed by atoms with van der Waals surface area (Å²) in [7, 11) is 0. The highest BCUT2D eigenvalue weighted by molar-refractivity contribution is 7.12. The number of rotatable bonds is 2. The zero-order valence-electron chi connectivity index (χ0n) is 11.1. The quantitative estimate of drug-likeness (QED) is 0.664. The molecule has 0 radical (unpaired) electrons. The summed E-state index contributed by atoms with van der Waals surface area (Å²) in [4.78, 5) is 12.6. The highest BCUT2D eigenvalue weighted by Crippen LogP contribution is 2.20. The van der Waals surface area contributed by atoms with Crippen LogP contribution >= 0.6 is 11.3 Å². The van der Waals surface area contributed by atoms with Crippen LogP contribution in [0.25, 0.3) is 0 Å². The molecule has 1 amide bonds. The maximum atomic E-state index is 11.9. The van der Waals surface area contributed by atoms with Gasteiger partial charge in [-0.1, -0.05) is 30.3 Å². The molecule has 0 spiro atoms. The van der Waals surface area contributed by atoms with Crippen molar-refractivity contribution in [3.05, 3.63) is 57.8 Å². The molecule has 1 heterocycles. The number of amides is 1. The number of fused-ring (bicyclic) bond motifs is 1. The number of carbonyl (C=O) groups excluding carboxylic acids is 1. The van der Waals surface area contributed by atoms with Gasteiger partial charge in [0.15, 0.2) is 0 Å². The van der Waals surface area contributed by atoms with E-state index in [-0.39, 0.29) is 5.91 Å². The number of hydrazone groups is 1. The van der Waals surface area contributed by atoms with Gasteiger partial charge in [0, 0.05) is 5.56 Å². The summed E-state index contributed by atoms with van der Waals surface area (Å²) in [5.74, 6) is -0.130.